The van der Waals surface area contributed by atoms with Crippen LogP contribution in [0.25, 0.3) is 0 Å². The normalized spacial score (nSPS) is 12.5. The molecular formula is C13H15IO4S. The van der Waals surface area contributed by atoms with Gasteiger partial charge in [-0.1, -0.05) is 30.4 Å². The first kappa shape index (κ1) is 16.5. The quantitative estimate of drug-likeness (QED) is 0.318. The van der Waals surface area contributed by atoms with Crippen LogP contribution in [-0.2, 0) is 8.92 Å². The summed E-state index contributed by atoms with van der Waals surface area (Å²) in [5, 5.41) is 9.47. The van der Waals surface area contributed by atoms with Gasteiger partial charge in [-0.3, -0.25) is 0 Å². The van der Waals surface area contributed by atoms with Gasteiger partial charge in [-0.05, 0) is 18.6 Å². The van der Waals surface area contributed by atoms with Crippen molar-refractivity contribution in [1.82, 2.24) is 0 Å². The highest BCUT2D eigenvalue weighted by molar-refractivity contribution is 14.2. The lowest BCUT2D eigenvalue weighted by Crippen LogP contribution is -2.11. The Morgan fingerprint density at radius 1 is 1.37 bits per heavy atom. The van der Waals surface area contributed by atoms with Gasteiger partial charge in [-0.25, -0.2) is 4.79 Å². The second kappa shape index (κ2) is 10.2. The molecule has 0 aliphatic heterocycles. The molecule has 1 atom stereocenters. The molecule has 104 valence electrons. The summed E-state index contributed by atoms with van der Waals surface area (Å²) in [5.41, 5.74) is 0.531. The van der Waals surface area contributed by atoms with Crippen molar-refractivity contribution in [2.75, 3.05) is 13.2 Å². The summed E-state index contributed by atoms with van der Waals surface area (Å²) >= 11 is 1.99. The molecule has 0 unspecified atom stereocenters. The monoisotopic (exact) mass is 394 g/mol. The molecule has 0 aromatic heterocycles. The molecule has 0 heterocycles. The molecular weight excluding hydrogens is 379 g/mol. The van der Waals surface area contributed by atoms with E-state index in [1.54, 1.807) is 36.4 Å². The predicted molar refractivity (Wildman–Crippen MR) is 84.1 cm³/mol. The first-order chi connectivity index (χ1) is 9.24. The van der Waals surface area contributed by atoms with Gasteiger partial charge in [0.1, 0.15) is 6.61 Å². The van der Waals surface area contributed by atoms with E-state index in [0.717, 1.165) is 0 Å². The summed E-state index contributed by atoms with van der Waals surface area (Å²) in [6, 6.07) is 8.82. The number of benzene rings is 1. The highest BCUT2D eigenvalue weighted by Gasteiger charge is 2.04. The zero-order chi connectivity index (χ0) is 13.9. The molecule has 0 spiro atoms. The smallest absolute Gasteiger partial charge is 0.338 e. The minimum Gasteiger partial charge on any atom is -0.458 e. The lowest BCUT2D eigenvalue weighted by Gasteiger charge is -2.05. The number of hydrogen-bond acceptors (Lipinski definition) is 5. The molecule has 0 radical (unpaired) electrons. The lowest BCUT2D eigenvalue weighted by atomic mass is 10.2. The van der Waals surface area contributed by atoms with Crippen LogP contribution in [0, 0.1) is 0 Å². The fraction of sp³-hybridized carbons (Fsp3) is 0.308. The van der Waals surface area contributed by atoms with Crippen molar-refractivity contribution < 1.29 is 18.8 Å². The summed E-state index contributed by atoms with van der Waals surface area (Å²) in [7, 11) is 1.19. The van der Waals surface area contributed by atoms with Gasteiger partial charge in [0, 0.05) is 21.2 Å². The minimum atomic E-state index is -0.539. The van der Waals surface area contributed by atoms with Crippen molar-refractivity contribution in [3.8, 4) is 0 Å². The first-order valence-corrected chi connectivity index (χ1v) is 8.98. The number of rotatable bonds is 8. The van der Waals surface area contributed by atoms with Crippen molar-refractivity contribution in [2.24, 2.45) is 0 Å². The van der Waals surface area contributed by atoms with Crippen LogP contribution in [0.4, 0.5) is 0 Å². The van der Waals surface area contributed by atoms with E-state index in [9.17, 15) is 9.90 Å². The van der Waals surface area contributed by atoms with Crippen LogP contribution in [-0.4, -0.2) is 30.4 Å². The van der Waals surface area contributed by atoms with Crippen LogP contribution in [0.5, 0.6) is 0 Å². The van der Waals surface area contributed by atoms with Crippen LogP contribution >= 0.6 is 30.4 Å². The number of halogens is 1. The second-order valence-electron chi connectivity index (χ2n) is 3.67. The summed E-state index contributed by atoms with van der Waals surface area (Å²) in [6.07, 6.45) is 3.41. The fourth-order valence-electron chi connectivity index (χ4n) is 1.28. The maximum Gasteiger partial charge on any atom is 0.338 e. The molecule has 19 heavy (non-hydrogen) atoms. The maximum absolute atomic E-state index is 11.6. The number of hydrogen-bond donors (Lipinski definition) is 1. The minimum absolute atomic E-state index is 0.197. The number of carbonyl (C=O) groups is 1. The second-order valence-corrected chi connectivity index (χ2v) is 5.11. The van der Waals surface area contributed by atoms with Crippen molar-refractivity contribution in [2.45, 2.75) is 12.5 Å². The van der Waals surface area contributed by atoms with E-state index in [-0.39, 0.29) is 19.2 Å². The van der Waals surface area contributed by atoms with Crippen molar-refractivity contribution in [3.63, 3.8) is 0 Å². The average Bonchev–Trinajstić information content (AvgIpc) is 2.45. The zero-order valence-electron chi connectivity index (χ0n) is 10.2. The Kier molecular flexibility index (Phi) is 8.89. The van der Waals surface area contributed by atoms with Crippen LogP contribution in [0.1, 0.15) is 16.8 Å². The molecule has 0 bridgehead atoms. The topological polar surface area (TPSA) is 55.8 Å². The van der Waals surface area contributed by atoms with Crippen LogP contribution in [0.2, 0.25) is 0 Å². The highest BCUT2D eigenvalue weighted by Crippen LogP contribution is 2.13. The molecule has 1 aromatic carbocycles. The van der Waals surface area contributed by atoms with Crippen LogP contribution in [0.15, 0.2) is 42.5 Å². The van der Waals surface area contributed by atoms with Crippen LogP contribution in [0.3, 0.4) is 0 Å². The van der Waals surface area contributed by atoms with Crippen molar-refractivity contribution in [3.05, 3.63) is 48.0 Å². The number of esters is 1. The third-order valence-electron chi connectivity index (χ3n) is 2.20. The Labute approximate surface area is 129 Å². The van der Waals surface area contributed by atoms with E-state index in [1.165, 1.54) is 9.21 Å². The number of ether oxygens (including phenoxy) is 1. The predicted octanol–water partition coefficient (Wildman–Crippen LogP) is 3.17. The molecule has 0 saturated heterocycles. The Hall–Kier alpha value is -0.570. The van der Waals surface area contributed by atoms with Gasteiger partial charge in [0.05, 0.1) is 27.5 Å². The Balaban J connectivity index is 2.18. The first-order valence-electron chi connectivity index (χ1n) is 5.69. The van der Waals surface area contributed by atoms with E-state index in [0.29, 0.717) is 12.0 Å². The largest absolute Gasteiger partial charge is 0.458 e. The molecule has 6 heteroatoms. The van der Waals surface area contributed by atoms with Gasteiger partial charge in [-0.2, -0.15) is 0 Å². The molecule has 1 N–H and O–H groups in total. The third kappa shape index (κ3) is 7.56. The van der Waals surface area contributed by atoms with Gasteiger partial charge >= 0.3 is 5.97 Å². The number of aliphatic hydroxyl groups is 1. The standard InChI is InChI=1S/C13H15IO4S/c14-19-18-10-12(15)8-4-5-9-17-13(16)11-6-2-1-3-7-11/h1-7,12,15H,8-10H2/b5-4+/t12-/m0/s1. The number of carbonyl (C=O) groups excluding carboxylic acids is 1. The zero-order valence-corrected chi connectivity index (χ0v) is 13.2. The van der Waals surface area contributed by atoms with E-state index >= 15 is 0 Å². The number of aliphatic hydroxyl groups excluding tert-OH is 1. The van der Waals surface area contributed by atoms with Gasteiger partial charge in [0.15, 0.2) is 0 Å². The molecule has 0 fully saturated rings. The van der Waals surface area contributed by atoms with Crippen molar-refractivity contribution in [1.29, 1.82) is 0 Å². The SMILES string of the molecule is O=C(OC/C=C/C[C@H](O)COSI)c1ccccc1. The Morgan fingerprint density at radius 3 is 2.79 bits per heavy atom. The van der Waals surface area contributed by atoms with Gasteiger partial charge in [0.2, 0.25) is 0 Å². The molecule has 4 nitrogen and oxygen atoms in total. The molecule has 0 aliphatic carbocycles. The van der Waals surface area contributed by atoms with Gasteiger partial charge in [-0.15, -0.1) is 0 Å². The molecule has 1 rings (SSSR count). The molecule has 1 aromatic rings. The van der Waals surface area contributed by atoms with E-state index in [1.807, 2.05) is 27.3 Å². The van der Waals surface area contributed by atoms with E-state index in [2.05, 4.69) is 0 Å². The maximum atomic E-state index is 11.6. The average molecular weight is 394 g/mol. The molecule has 0 saturated carbocycles. The van der Waals surface area contributed by atoms with E-state index in [4.69, 9.17) is 8.92 Å². The summed E-state index contributed by atoms with van der Waals surface area (Å²) in [4.78, 5) is 11.6. The van der Waals surface area contributed by atoms with E-state index < -0.39 is 6.10 Å². The summed E-state index contributed by atoms with van der Waals surface area (Å²) < 4.78 is 10.0. The molecule has 0 amide bonds. The van der Waals surface area contributed by atoms with Crippen molar-refractivity contribution >= 4 is 36.4 Å². The Bertz CT molecular complexity index is 397. The van der Waals surface area contributed by atoms with Gasteiger partial charge in [0.25, 0.3) is 0 Å². The lowest BCUT2D eigenvalue weighted by molar-refractivity contribution is 0.0549. The van der Waals surface area contributed by atoms with Gasteiger partial charge < -0.3 is 14.0 Å². The summed E-state index contributed by atoms with van der Waals surface area (Å²) in [5.74, 6) is -0.351. The Morgan fingerprint density at radius 2 is 2.11 bits per heavy atom. The molecule has 0 aliphatic rings. The van der Waals surface area contributed by atoms with Crippen LogP contribution < -0.4 is 0 Å². The highest BCUT2D eigenvalue weighted by atomic mass is 127. The fourth-order valence-corrected chi connectivity index (χ4v) is 1.92. The summed E-state index contributed by atoms with van der Waals surface area (Å²) in [6.45, 7) is 0.476. The third-order valence-corrected chi connectivity index (χ3v) is 3.19.